The summed E-state index contributed by atoms with van der Waals surface area (Å²) in [5.41, 5.74) is 6.14. The van der Waals surface area contributed by atoms with Gasteiger partial charge in [-0.25, -0.2) is 12.8 Å². The maximum atomic E-state index is 13.6. The van der Waals surface area contributed by atoms with Crippen molar-refractivity contribution in [2.45, 2.75) is 18.9 Å². The lowest BCUT2D eigenvalue weighted by Crippen LogP contribution is -2.42. The quantitative estimate of drug-likeness (QED) is 0.637. The second-order valence-electron chi connectivity index (χ2n) is 5.54. The number of carbonyl (C=O) groups is 1. The Morgan fingerprint density at radius 2 is 2.04 bits per heavy atom. The largest absolute Gasteiger partial charge is 0.372 e. The highest BCUT2D eigenvalue weighted by Gasteiger charge is 2.15. The zero-order chi connectivity index (χ0) is 17.5. The third-order valence-electron chi connectivity index (χ3n) is 3.37. The fourth-order valence-electron chi connectivity index (χ4n) is 2.01. The van der Waals surface area contributed by atoms with Crippen molar-refractivity contribution in [2.24, 2.45) is 5.73 Å². The van der Waals surface area contributed by atoms with Gasteiger partial charge < -0.3 is 16.0 Å². The average Bonchev–Trinajstić information content (AvgIpc) is 2.48. The second-order valence-corrected chi connectivity index (χ2v) is 7.80. The number of nitrogens with two attached hydrogens (primary N) is 1. The number of benzene rings is 1. The van der Waals surface area contributed by atoms with E-state index in [-0.39, 0.29) is 23.9 Å². The van der Waals surface area contributed by atoms with Crippen molar-refractivity contribution < 1.29 is 17.6 Å². The molecule has 1 aromatic carbocycles. The summed E-state index contributed by atoms with van der Waals surface area (Å²) in [7, 11) is -1.35. The van der Waals surface area contributed by atoms with Crippen molar-refractivity contribution in [3.8, 4) is 0 Å². The lowest BCUT2D eigenvalue weighted by atomic mass is 10.2. The van der Waals surface area contributed by atoms with E-state index in [2.05, 4.69) is 5.32 Å². The van der Waals surface area contributed by atoms with Crippen molar-refractivity contribution in [3.05, 3.63) is 30.1 Å². The molecule has 0 radical (unpaired) electrons. The van der Waals surface area contributed by atoms with Crippen LogP contribution in [0.15, 0.2) is 24.3 Å². The molecule has 0 fully saturated rings. The smallest absolute Gasteiger partial charge is 0.236 e. The number of nitrogens with zero attached hydrogens (tertiary/aromatic N) is 1. The molecule has 23 heavy (non-hydrogen) atoms. The number of carbonyl (C=O) groups excluding carboxylic acids is 1. The van der Waals surface area contributed by atoms with Gasteiger partial charge in [-0.1, -0.05) is 12.1 Å². The van der Waals surface area contributed by atoms with E-state index in [1.165, 1.54) is 6.07 Å². The molecule has 0 spiro atoms. The van der Waals surface area contributed by atoms with Crippen LogP contribution in [0.4, 0.5) is 10.1 Å². The van der Waals surface area contributed by atoms with E-state index in [1.807, 2.05) is 0 Å². The minimum atomic E-state index is -3.13. The zero-order valence-corrected chi connectivity index (χ0v) is 14.3. The van der Waals surface area contributed by atoms with Gasteiger partial charge in [0.2, 0.25) is 5.91 Å². The molecule has 130 valence electrons. The first-order valence-corrected chi connectivity index (χ1v) is 9.43. The van der Waals surface area contributed by atoms with Crippen LogP contribution in [0.2, 0.25) is 0 Å². The van der Waals surface area contributed by atoms with Crippen molar-refractivity contribution in [1.82, 2.24) is 5.32 Å². The molecule has 8 heteroatoms. The standard InChI is InChI=1S/C15H24FN3O3S/c1-19(14-7-4-3-6-12(14)16)10-5-9-18-15(20)13(17)8-11-23(2,21)22/h3-4,6-7,13H,5,8-11,17H2,1-2H3,(H,18,20). The van der Waals surface area contributed by atoms with Crippen LogP contribution in [0.1, 0.15) is 12.8 Å². The van der Waals surface area contributed by atoms with Gasteiger partial charge in [-0.05, 0) is 25.0 Å². The maximum Gasteiger partial charge on any atom is 0.236 e. The first-order chi connectivity index (χ1) is 10.7. The number of halogens is 1. The summed E-state index contributed by atoms with van der Waals surface area (Å²) in [6, 6.07) is 5.64. The molecule has 0 aliphatic heterocycles. The van der Waals surface area contributed by atoms with Crippen molar-refractivity contribution >= 4 is 21.4 Å². The molecule has 1 aromatic rings. The van der Waals surface area contributed by atoms with Gasteiger partial charge in [0.25, 0.3) is 0 Å². The molecule has 0 bridgehead atoms. The first-order valence-electron chi connectivity index (χ1n) is 7.37. The first kappa shape index (κ1) is 19.4. The Bertz CT molecular complexity index is 622. The van der Waals surface area contributed by atoms with Crippen LogP contribution < -0.4 is 16.0 Å². The maximum absolute atomic E-state index is 13.6. The van der Waals surface area contributed by atoms with Crippen LogP contribution in [0.5, 0.6) is 0 Å². The highest BCUT2D eigenvalue weighted by molar-refractivity contribution is 7.90. The van der Waals surface area contributed by atoms with Crippen molar-refractivity contribution in [2.75, 3.05) is 37.0 Å². The molecular weight excluding hydrogens is 321 g/mol. The third-order valence-corrected chi connectivity index (χ3v) is 4.35. The van der Waals surface area contributed by atoms with Gasteiger partial charge in [-0.15, -0.1) is 0 Å². The fourth-order valence-corrected chi connectivity index (χ4v) is 2.69. The van der Waals surface area contributed by atoms with E-state index in [0.717, 1.165) is 6.26 Å². The van der Waals surface area contributed by atoms with Gasteiger partial charge in [-0.2, -0.15) is 0 Å². The number of para-hydroxylation sites is 1. The molecular formula is C15H24FN3O3S. The predicted octanol–water partition coefficient (Wildman–Crippen LogP) is 0.530. The Balaban J connectivity index is 2.29. The summed E-state index contributed by atoms with van der Waals surface area (Å²) >= 11 is 0. The molecule has 0 aliphatic carbocycles. The summed E-state index contributed by atoms with van der Waals surface area (Å²) in [5.74, 6) is -0.776. The molecule has 1 atom stereocenters. The van der Waals surface area contributed by atoms with E-state index in [1.54, 1.807) is 30.1 Å². The summed E-state index contributed by atoms with van der Waals surface area (Å²) in [4.78, 5) is 13.5. The Hall–Kier alpha value is -1.67. The Kier molecular flexibility index (Phi) is 7.44. The monoisotopic (exact) mass is 345 g/mol. The zero-order valence-electron chi connectivity index (χ0n) is 13.5. The van der Waals surface area contributed by atoms with E-state index in [0.29, 0.717) is 25.2 Å². The molecule has 0 saturated carbocycles. The molecule has 1 amide bonds. The summed E-state index contributed by atoms with van der Waals surface area (Å²) in [6.07, 6.45) is 1.82. The third kappa shape index (κ3) is 7.43. The van der Waals surface area contributed by atoms with Crippen LogP contribution in [-0.4, -0.2) is 52.5 Å². The van der Waals surface area contributed by atoms with Gasteiger partial charge >= 0.3 is 0 Å². The minimum absolute atomic E-state index is 0.0970. The molecule has 0 aromatic heterocycles. The molecule has 0 saturated heterocycles. The second kappa shape index (κ2) is 8.83. The summed E-state index contributed by atoms with van der Waals surface area (Å²) in [5, 5.41) is 2.66. The number of anilines is 1. The molecule has 1 rings (SSSR count). The number of nitrogens with one attached hydrogen (secondary N) is 1. The minimum Gasteiger partial charge on any atom is -0.372 e. The highest BCUT2D eigenvalue weighted by atomic mass is 32.2. The van der Waals surface area contributed by atoms with Crippen LogP contribution in [0.25, 0.3) is 0 Å². The molecule has 0 heterocycles. The highest BCUT2D eigenvalue weighted by Crippen LogP contribution is 2.16. The summed E-state index contributed by atoms with van der Waals surface area (Å²) in [6.45, 7) is 0.962. The van der Waals surface area contributed by atoms with Crippen LogP contribution in [-0.2, 0) is 14.6 Å². The number of rotatable bonds is 9. The van der Waals surface area contributed by atoms with E-state index >= 15 is 0 Å². The van der Waals surface area contributed by atoms with E-state index < -0.39 is 15.9 Å². The van der Waals surface area contributed by atoms with Crippen LogP contribution in [0.3, 0.4) is 0 Å². The van der Waals surface area contributed by atoms with E-state index in [9.17, 15) is 17.6 Å². The van der Waals surface area contributed by atoms with Gasteiger partial charge in [0, 0.05) is 26.4 Å². The lowest BCUT2D eigenvalue weighted by molar-refractivity contribution is -0.122. The predicted molar refractivity (Wildman–Crippen MR) is 89.6 cm³/mol. The average molecular weight is 345 g/mol. The van der Waals surface area contributed by atoms with Crippen LogP contribution in [0, 0.1) is 5.82 Å². The Morgan fingerprint density at radius 3 is 2.65 bits per heavy atom. The van der Waals surface area contributed by atoms with Crippen molar-refractivity contribution in [1.29, 1.82) is 0 Å². The van der Waals surface area contributed by atoms with Gasteiger partial charge in [-0.3, -0.25) is 4.79 Å². The van der Waals surface area contributed by atoms with Crippen molar-refractivity contribution in [3.63, 3.8) is 0 Å². The molecule has 1 unspecified atom stereocenters. The molecule has 3 N–H and O–H groups in total. The molecule has 6 nitrogen and oxygen atoms in total. The van der Waals surface area contributed by atoms with Gasteiger partial charge in [0.1, 0.15) is 15.7 Å². The number of amides is 1. The fraction of sp³-hybridized carbons (Fsp3) is 0.533. The topological polar surface area (TPSA) is 92.5 Å². The Labute approximate surface area is 136 Å². The number of hydrogen-bond acceptors (Lipinski definition) is 5. The molecule has 0 aliphatic rings. The van der Waals surface area contributed by atoms with Crippen LogP contribution >= 0.6 is 0 Å². The number of hydrogen-bond donors (Lipinski definition) is 2. The SMILES string of the molecule is CN(CCCNC(=O)C(N)CCS(C)(=O)=O)c1ccccc1F. The lowest BCUT2D eigenvalue weighted by Gasteiger charge is -2.20. The number of sulfone groups is 1. The normalized spacial score (nSPS) is 12.7. The van der Waals surface area contributed by atoms with Gasteiger partial charge in [0.05, 0.1) is 17.5 Å². The Morgan fingerprint density at radius 1 is 1.39 bits per heavy atom. The summed E-state index contributed by atoms with van der Waals surface area (Å²) < 4.78 is 35.7. The van der Waals surface area contributed by atoms with E-state index in [4.69, 9.17) is 5.73 Å². The van der Waals surface area contributed by atoms with Gasteiger partial charge in [0.15, 0.2) is 0 Å².